The average Bonchev–Trinajstić information content (AvgIpc) is 3.67. The number of benzene rings is 8. The zero-order valence-electron chi connectivity index (χ0n) is 29.8. The van der Waals surface area contributed by atoms with Crippen LogP contribution in [0.5, 0.6) is 0 Å². The molecule has 0 radical (unpaired) electrons. The molecule has 2 aromatic heterocycles. The van der Waals surface area contributed by atoms with Gasteiger partial charge in [-0.3, -0.25) is 0 Å². The van der Waals surface area contributed by atoms with Crippen LogP contribution in [0.15, 0.2) is 205 Å². The molecule has 0 spiro atoms. The van der Waals surface area contributed by atoms with E-state index in [0.29, 0.717) is 17.5 Å². The summed E-state index contributed by atoms with van der Waals surface area (Å²) in [5.74, 6) is 1.74. The minimum atomic E-state index is 0.546. The highest BCUT2D eigenvalue weighted by Crippen LogP contribution is 2.46. The van der Waals surface area contributed by atoms with Crippen LogP contribution >= 0.6 is 0 Å². The largest absolute Gasteiger partial charge is 0.455 e. The Kier molecular flexibility index (Phi) is 8.12. The Morgan fingerprint density at radius 3 is 1.24 bits per heavy atom. The molecule has 0 aliphatic carbocycles. The molecule has 258 valence electrons. The lowest BCUT2D eigenvalue weighted by Crippen LogP contribution is -2.00. The molecule has 4 nitrogen and oxygen atoms in total. The topological polar surface area (TPSA) is 51.8 Å². The third-order valence-corrected chi connectivity index (χ3v) is 10.2. The molecule has 0 amide bonds. The normalized spacial score (nSPS) is 11.3. The first kappa shape index (κ1) is 32.2. The van der Waals surface area contributed by atoms with E-state index < -0.39 is 0 Å². The molecule has 0 bridgehead atoms. The number of nitrogens with zero attached hydrogens (tertiary/aromatic N) is 3. The first-order valence-electron chi connectivity index (χ1n) is 18.4. The van der Waals surface area contributed by atoms with Crippen LogP contribution in [-0.2, 0) is 0 Å². The van der Waals surface area contributed by atoms with Gasteiger partial charge in [-0.2, -0.15) is 0 Å². The van der Waals surface area contributed by atoms with Gasteiger partial charge in [0.2, 0.25) is 0 Å². The van der Waals surface area contributed by atoms with Crippen molar-refractivity contribution in [3.05, 3.63) is 200 Å². The summed E-state index contributed by atoms with van der Waals surface area (Å²) in [6.07, 6.45) is 0. The SMILES string of the molecule is c1ccc(-c2ccc(-c3nc(-c4ccccc4)nc(-c4ccc(-c5ccccc5)c5c4oc4c(-c6ccccc6)cc(-c6ccccc6)cc45)n3)cc2)cc1. The van der Waals surface area contributed by atoms with Crippen molar-refractivity contribution in [2.45, 2.75) is 0 Å². The van der Waals surface area contributed by atoms with Crippen LogP contribution in [0, 0.1) is 0 Å². The minimum absolute atomic E-state index is 0.546. The molecular formula is C51H33N3O. The van der Waals surface area contributed by atoms with Crippen molar-refractivity contribution >= 4 is 21.9 Å². The number of fused-ring (bicyclic) bond motifs is 3. The van der Waals surface area contributed by atoms with Crippen molar-refractivity contribution in [1.82, 2.24) is 15.0 Å². The average molecular weight is 704 g/mol. The third-order valence-electron chi connectivity index (χ3n) is 10.2. The van der Waals surface area contributed by atoms with Gasteiger partial charge >= 0.3 is 0 Å². The van der Waals surface area contributed by atoms with Gasteiger partial charge in [-0.1, -0.05) is 182 Å². The summed E-state index contributed by atoms with van der Waals surface area (Å²) >= 11 is 0. The summed E-state index contributed by atoms with van der Waals surface area (Å²) in [5.41, 5.74) is 13.0. The molecule has 55 heavy (non-hydrogen) atoms. The summed E-state index contributed by atoms with van der Waals surface area (Å²) < 4.78 is 7.13. The van der Waals surface area contributed by atoms with Crippen molar-refractivity contribution in [2.24, 2.45) is 0 Å². The fourth-order valence-corrected chi connectivity index (χ4v) is 7.43. The van der Waals surface area contributed by atoms with Gasteiger partial charge in [-0.15, -0.1) is 0 Å². The van der Waals surface area contributed by atoms with Gasteiger partial charge < -0.3 is 4.42 Å². The Bertz CT molecular complexity index is 2930. The number of hydrogen-bond donors (Lipinski definition) is 0. The highest BCUT2D eigenvalue weighted by molar-refractivity contribution is 6.19. The van der Waals surface area contributed by atoms with Crippen molar-refractivity contribution in [2.75, 3.05) is 0 Å². The molecule has 0 saturated carbocycles. The van der Waals surface area contributed by atoms with Crippen LogP contribution in [0.2, 0.25) is 0 Å². The lowest BCUT2D eigenvalue weighted by atomic mass is 9.92. The Hall–Kier alpha value is -7.43. The zero-order valence-corrected chi connectivity index (χ0v) is 29.8. The molecule has 0 saturated heterocycles. The highest BCUT2D eigenvalue weighted by Gasteiger charge is 2.23. The fourth-order valence-electron chi connectivity index (χ4n) is 7.43. The molecular weight excluding hydrogens is 671 g/mol. The van der Waals surface area contributed by atoms with Crippen LogP contribution in [-0.4, -0.2) is 15.0 Å². The number of hydrogen-bond acceptors (Lipinski definition) is 4. The van der Waals surface area contributed by atoms with Gasteiger partial charge in [0, 0.05) is 27.5 Å². The van der Waals surface area contributed by atoms with E-state index in [4.69, 9.17) is 19.4 Å². The first-order chi connectivity index (χ1) is 27.3. The van der Waals surface area contributed by atoms with Crippen molar-refractivity contribution in [3.8, 4) is 78.7 Å². The van der Waals surface area contributed by atoms with Gasteiger partial charge in [-0.25, -0.2) is 15.0 Å². The number of rotatable bonds is 7. The summed E-state index contributed by atoms with van der Waals surface area (Å²) in [6.45, 7) is 0. The predicted molar refractivity (Wildman–Crippen MR) is 225 cm³/mol. The van der Waals surface area contributed by atoms with Crippen molar-refractivity contribution in [1.29, 1.82) is 0 Å². The monoisotopic (exact) mass is 703 g/mol. The lowest BCUT2D eigenvalue weighted by molar-refractivity contribution is 0.670. The van der Waals surface area contributed by atoms with E-state index in [2.05, 4.69) is 152 Å². The summed E-state index contributed by atoms with van der Waals surface area (Å²) in [6, 6.07) is 69.2. The highest BCUT2D eigenvalue weighted by atomic mass is 16.3. The molecule has 0 fully saturated rings. The maximum Gasteiger partial charge on any atom is 0.167 e. The third kappa shape index (κ3) is 6.06. The quantitative estimate of drug-likeness (QED) is 0.166. The van der Waals surface area contributed by atoms with Gasteiger partial charge in [0.15, 0.2) is 17.5 Å². The maximum absolute atomic E-state index is 7.13. The molecule has 0 aliphatic heterocycles. The minimum Gasteiger partial charge on any atom is -0.455 e. The molecule has 2 heterocycles. The molecule has 0 atom stereocenters. The lowest BCUT2D eigenvalue weighted by Gasteiger charge is -2.11. The van der Waals surface area contributed by atoms with E-state index in [9.17, 15) is 0 Å². The predicted octanol–water partition coefficient (Wildman–Crippen LogP) is 13.4. The molecule has 8 aromatic carbocycles. The van der Waals surface area contributed by atoms with Gasteiger partial charge in [0.25, 0.3) is 0 Å². The van der Waals surface area contributed by atoms with Crippen molar-refractivity contribution < 1.29 is 4.42 Å². The fraction of sp³-hybridized carbons (Fsp3) is 0. The second-order valence-corrected chi connectivity index (χ2v) is 13.6. The van der Waals surface area contributed by atoms with E-state index in [1.165, 1.54) is 0 Å². The van der Waals surface area contributed by atoms with E-state index in [0.717, 1.165) is 83.1 Å². The van der Waals surface area contributed by atoms with Crippen LogP contribution in [0.3, 0.4) is 0 Å². The van der Waals surface area contributed by atoms with Gasteiger partial charge in [-0.05, 0) is 57.1 Å². The first-order valence-corrected chi connectivity index (χ1v) is 18.4. The standard InChI is InChI=1S/C51H33N3O/c1-6-16-34(17-7-1)36-26-28-40(29-27-36)50-52-49(39-24-14-5-15-25-39)53-51(54-50)43-31-30-42(37-20-10-3-11-21-37)46-45-33-41(35-18-8-2-9-19-35)32-44(47(45)55-48(43)46)38-22-12-4-13-23-38/h1-33H. The van der Waals surface area contributed by atoms with E-state index in [-0.39, 0.29) is 0 Å². The maximum atomic E-state index is 7.13. The van der Waals surface area contributed by atoms with Crippen molar-refractivity contribution in [3.63, 3.8) is 0 Å². The number of furan rings is 1. The Morgan fingerprint density at radius 1 is 0.273 bits per heavy atom. The molecule has 0 N–H and O–H groups in total. The van der Waals surface area contributed by atoms with E-state index >= 15 is 0 Å². The zero-order chi connectivity index (χ0) is 36.6. The van der Waals surface area contributed by atoms with Gasteiger partial charge in [0.05, 0.1) is 5.56 Å². The van der Waals surface area contributed by atoms with E-state index in [1.54, 1.807) is 0 Å². The molecule has 4 heteroatoms. The Labute approximate surface area is 319 Å². The second kappa shape index (κ2) is 13.8. The Morgan fingerprint density at radius 2 is 0.673 bits per heavy atom. The van der Waals surface area contributed by atoms with Gasteiger partial charge in [0.1, 0.15) is 11.2 Å². The molecule has 0 aliphatic rings. The molecule has 10 rings (SSSR count). The van der Waals surface area contributed by atoms with Crippen LogP contribution < -0.4 is 0 Å². The molecule has 0 unspecified atom stereocenters. The second-order valence-electron chi connectivity index (χ2n) is 13.6. The summed E-state index contributed by atoms with van der Waals surface area (Å²) in [4.78, 5) is 15.4. The summed E-state index contributed by atoms with van der Waals surface area (Å²) in [7, 11) is 0. The van der Waals surface area contributed by atoms with Crippen LogP contribution in [0.25, 0.3) is 101 Å². The summed E-state index contributed by atoms with van der Waals surface area (Å²) in [5, 5.41) is 2.05. The number of aromatic nitrogens is 3. The van der Waals surface area contributed by atoms with E-state index in [1.807, 2.05) is 48.5 Å². The molecule has 10 aromatic rings. The van der Waals surface area contributed by atoms with Crippen LogP contribution in [0.4, 0.5) is 0 Å². The van der Waals surface area contributed by atoms with Crippen LogP contribution in [0.1, 0.15) is 0 Å². The smallest absolute Gasteiger partial charge is 0.167 e. The Balaban J connectivity index is 1.25.